The molecule has 1 saturated heterocycles. The third-order valence-corrected chi connectivity index (χ3v) is 3.83. The smallest absolute Gasteiger partial charge is 0.264 e. The number of nitrogens with one attached hydrogen (secondary N) is 1. The fourth-order valence-corrected chi connectivity index (χ4v) is 2.59. The minimum absolute atomic E-state index is 0.102. The van der Waals surface area contributed by atoms with Crippen LogP contribution in [-0.2, 0) is 19.1 Å². The molecule has 1 unspecified atom stereocenters. The first-order valence-corrected chi connectivity index (χ1v) is 7.99. The standard InChI is InChI=1S/C13H16FNO4S/c1-8-3-4-9(5-12(8)14)11-6-10(15-13(11)16)7-19-20(2,17)18/h3-5,10-11H,6-7H2,1-2H3,(H,15,16)/t10?,11-/m0/s1. The first kappa shape index (κ1) is 14.9. The summed E-state index contributed by atoms with van der Waals surface area (Å²) in [6, 6.07) is 4.30. The lowest BCUT2D eigenvalue weighted by molar-refractivity contribution is -0.120. The van der Waals surface area contributed by atoms with Gasteiger partial charge < -0.3 is 5.32 Å². The predicted octanol–water partition coefficient (Wildman–Crippen LogP) is 1.08. The Morgan fingerprint density at radius 1 is 1.45 bits per heavy atom. The van der Waals surface area contributed by atoms with Gasteiger partial charge in [0, 0.05) is 0 Å². The third kappa shape index (κ3) is 3.55. The van der Waals surface area contributed by atoms with E-state index in [0.717, 1.165) is 6.26 Å². The van der Waals surface area contributed by atoms with Crippen molar-refractivity contribution in [1.82, 2.24) is 5.32 Å². The van der Waals surface area contributed by atoms with Gasteiger partial charge in [-0.25, -0.2) is 4.39 Å². The highest BCUT2D eigenvalue weighted by atomic mass is 32.2. The molecule has 0 aliphatic carbocycles. The topological polar surface area (TPSA) is 72.5 Å². The van der Waals surface area contributed by atoms with Crippen molar-refractivity contribution in [2.75, 3.05) is 12.9 Å². The summed E-state index contributed by atoms with van der Waals surface area (Å²) in [5, 5.41) is 2.66. The number of hydrogen-bond acceptors (Lipinski definition) is 4. The highest BCUT2D eigenvalue weighted by Crippen LogP contribution is 2.28. The molecule has 0 saturated carbocycles. The summed E-state index contributed by atoms with van der Waals surface area (Å²) in [6.45, 7) is 1.55. The summed E-state index contributed by atoms with van der Waals surface area (Å²) in [6.07, 6.45) is 1.34. The molecule has 110 valence electrons. The molecule has 1 heterocycles. The van der Waals surface area contributed by atoms with E-state index >= 15 is 0 Å². The van der Waals surface area contributed by atoms with Gasteiger partial charge in [-0.05, 0) is 30.5 Å². The molecule has 1 amide bonds. The highest BCUT2D eigenvalue weighted by molar-refractivity contribution is 7.85. The van der Waals surface area contributed by atoms with Crippen molar-refractivity contribution in [2.45, 2.75) is 25.3 Å². The van der Waals surface area contributed by atoms with Gasteiger partial charge in [0.2, 0.25) is 5.91 Å². The molecule has 0 aromatic heterocycles. The molecule has 5 nitrogen and oxygen atoms in total. The Bertz CT molecular complexity index is 629. The van der Waals surface area contributed by atoms with Crippen molar-refractivity contribution in [1.29, 1.82) is 0 Å². The number of carbonyl (C=O) groups is 1. The van der Waals surface area contributed by atoms with Crippen molar-refractivity contribution in [3.8, 4) is 0 Å². The summed E-state index contributed by atoms with van der Waals surface area (Å²) in [5.41, 5.74) is 1.11. The molecule has 1 aliphatic rings. The number of amides is 1. The summed E-state index contributed by atoms with van der Waals surface area (Å²) >= 11 is 0. The van der Waals surface area contributed by atoms with Crippen molar-refractivity contribution < 1.29 is 21.8 Å². The van der Waals surface area contributed by atoms with Crippen LogP contribution < -0.4 is 5.32 Å². The van der Waals surface area contributed by atoms with Crippen molar-refractivity contribution >= 4 is 16.0 Å². The average Bonchev–Trinajstić information content (AvgIpc) is 2.71. The van der Waals surface area contributed by atoms with Crippen molar-refractivity contribution in [3.05, 3.63) is 35.1 Å². The van der Waals surface area contributed by atoms with Crippen LogP contribution in [0.1, 0.15) is 23.5 Å². The molecule has 2 rings (SSSR count). The lowest BCUT2D eigenvalue weighted by Gasteiger charge is -2.09. The Morgan fingerprint density at radius 2 is 2.15 bits per heavy atom. The van der Waals surface area contributed by atoms with E-state index in [-0.39, 0.29) is 24.4 Å². The fraction of sp³-hybridized carbons (Fsp3) is 0.462. The Balaban J connectivity index is 2.07. The Morgan fingerprint density at radius 3 is 2.75 bits per heavy atom. The van der Waals surface area contributed by atoms with Gasteiger partial charge in [-0.3, -0.25) is 8.98 Å². The molecular weight excluding hydrogens is 285 g/mol. The maximum Gasteiger partial charge on any atom is 0.264 e. The van der Waals surface area contributed by atoms with Crippen LogP contribution in [0.4, 0.5) is 4.39 Å². The lowest BCUT2D eigenvalue weighted by Crippen LogP contribution is -2.30. The second-order valence-corrected chi connectivity index (χ2v) is 6.64. The van der Waals surface area contributed by atoms with Crippen LogP contribution in [0.3, 0.4) is 0 Å². The normalized spacial score (nSPS) is 22.9. The quantitative estimate of drug-likeness (QED) is 0.845. The van der Waals surface area contributed by atoms with Gasteiger partial charge in [-0.2, -0.15) is 8.42 Å². The summed E-state index contributed by atoms with van der Waals surface area (Å²) < 4.78 is 40.0. The van der Waals surface area contributed by atoms with Crippen LogP contribution in [0.2, 0.25) is 0 Å². The zero-order valence-electron chi connectivity index (χ0n) is 11.2. The molecule has 0 spiro atoms. The number of carbonyl (C=O) groups excluding carboxylic acids is 1. The van der Waals surface area contributed by atoms with Gasteiger partial charge in [0.1, 0.15) is 5.82 Å². The van der Waals surface area contributed by atoms with Crippen LogP contribution >= 0.6 is 0 Å². The van der Waals surface area contributed by atoms with Gasteiger partial charge >= 0.3 is 0 Å². The SMILES string of the molecule is Cc1ccc([C@@H]2CC(COS(C)(=O)=O)NC2=O)cc1F. The monoisotopic (exact) mass is 301 g/mol. The largest absolute Gasteiger partial charge is 0.350 e. The Labute approximate surface area is 117 Å². The molecule has 7 heteroatoms. The van der Waals surface area contributed by atoms with E-state index in [1.807, 2.05) is 0 Å². The molecule has 1 fully saturated rings. The first-order valence-electron chi connectivity index (χ1n) is 6.17. The number of rotatable bonds is 4. The van der Waals surface area contributed by atoms with E-state index in [4.69, 9.17) is 0 Å². The van der Waals surface area contributed by atoms with E-state index < -0.39 is 16.0 Å². The summed E-state index contributed by atoms with van der Waals surface area (Å²) in [5.74, 6) is -1.07. The van der Waals surface area contributed by atoms with Crippen LogP contribution in [0.15, 0.2) is 18.2 Å². The van der Waals surface area contributed by atoms with Crippen LogP contribution in [0, 0.1) is 12.7 Å². The molecule has 1 N–H and O–H groups in total. The molecule has 1 aliphatic heterocycles. The molecule has 0 bridgehead atoms. The zero-order valence-corrected chi connectivity index (χ0v) is 12.0. The first-order chi connectivity index (χ1) is 9.26. The average molecular weight is 301 g/mol. The highest BCUT2D eigenvalue weighted by Gasteiger charge is 2.33. The third-order valence-electron chi connectivity index (χ3n) is 3.26. The number of halogens is 1. The van der Waals surface area contributed by atoms with E-state index in [1.54, 1.807) is 19.1 Å². The fourth-order valence-electron chi connectivity index (χ4n) is 2.18. The van der Waals surface area contributed by atoms with Gasteiger partial charge in [0.15, 0.2) is 0 Å². The number of aryl methyl sites for hydroxylation is 1. The molecule has 1 aromatic carbocycles. The van der Waals surface area contributed by atoms with Gasteiger partial charge in [0.05, 0.1) is 24.8 Å². The minimum atomic E-state index is -3.53. The maximum absolute atomic E-state index is 13.5. The van der Waals surface area contributed by atoms with Crippen molar-refractivity contribution in [3.63, 3.8) is 0 Å². The van der Waals surface area contributed by atoms with E-state index in [2.05, 4.69) is 9.50 Å². The Hall–Kier alpha value is -1.47. The summed E-state index contributed by atoms with van der Waals surface area (Å²) in [7, 11) is -3.53. The van der Waals surface area contributed by atoms with E-state index in [0.29, 0.717) is 17.5 Å². The predicted molar refractivity (Wildman–Crippen MR) is 71.2 cm³/mol. The van der Waals surface area contributed by atoms with Gasteiger partial charge in [-0.1, -0.05) is 12.1 Å². The number of benzene rings is 1. The lowest BCUT2D eigenvalue weighted by atomic mass is 9.95. The second kappa shape index (κ2) is 5.49. The van der Waals surface area contributed by atoms with Crippen LogP contribution in [0.25, 0.3) is 0 Å². The molecule has 1 aromatic rings. The van der Waals surface area contributed by atoms with Gasteiger partial charge in [0.25, 0.3) is 10.1 Å². The van der Waals surface area contributed by atoms with E-state index in [9.17, 15) is 17.6 Å². The van der Waals surface area contributed by atoms with Gasteiger partial charge in [-0.15, -0.1) is 0 Å². The summed E-state index contributed by atoms with van der Waals surface area (Å²) in [4.78, 5) is 11.9. The molecule has 2 atom stereocenters. The van der Waals surface area contributed by atoms with Crippen LogP contribution in [0.5, 0.6) is 0 Å². The Kier molecular flexibility index (Phi) is 4.10. The maximum atomic E-state index is 13.5. The molecular formula is C13H16FNO4S. The second-order valence-electron chi connectivity index (χ2n) is 4.99. The minimum Gasteiger partial charge on any atom is -0.350 e. The van der Waals surface area contributed by atoms with Crippen molar-refractivity contribution in [2.24, 2.45) is 0 Å². The molecule has 20 heavy (non-hydrogen) atoms. The number of hydrogen-bond donors (Lipinski definition) is 1. The van der Waals surface area contributed by atoms with Crippen LogP contribution in [-0.4, -0.2) is 33.2 Å². The molecule has 0 radical (unpaired) electrons. The zero-order chi connectivity index (χ0) is 14.9. The van der Waals surface area contributed by atoms with E-state index in [1.165, 1.54) is 6.07 Å².